The minimum absolute atomic E-state index is 0.114. The molecule has 0 aliphatic carbocycles. The van der Waals surface area contributed by atoms with Gasteiger partial charge in [0.1, 0.15) is 11.6 Å². The van der Waals surface area contributed by atoms with Crippen LogP contribution in [0.2, 0.25) is 0 Å². The van der Waals surface area contributed by atoms with Gasteiger partial charge in [-0.05, 0) is 49.4 Å². The van der Waals surface area contributed by atoms with Crippen LogP contribution in [0.4, 0.5) is 4.39 Å². The molecular weight excluding hydrogens is 215 g/mol. The molecule has 1 nitrogen and oxygen atoms in total. The Labute approximate surface area is 104 Å². The Morgan fingerprint density at radius 1 is 1.29 bits per heavy atom. The molecule has 17 heavy (non-hydrogen) atoms. The van der Waals surface area contributed by atoms with E-state index in [1.807, 2.05) is 19.9 Å². The Balaban J connectivity index is 3.05. The van der Waals surface area contributed by atoms with Crippen LogP contribution in [-0.4, -0.2) is 6.10 Å². The molecule has 0 aliphatic heterocycles. The summed E-state index contributed by atoms with van der Waals surface area (Å²) in [5, 5.41) is 0. The molecule has 1 aromatic rings. The van der Waals surface area contributed by atoms with E-state index >= 15 is 0 Å². The van der Waals surface area contributed by atoms with Gasteiger partial charge in [-0.3, -0.25) is 0 Å². The molecule has 0 aromatic heterocycles. The number of benzene rings is 1. The first kappa shape index (κ1) is 14.0. The summed E-state index contributed by atoms with van der Waals surface area (Å²) in [6.07, 6.45) is 2.12. The normalized spacial score (nSPS) is 11.9. The maximum Gasteiger partial charge on any atom is 0.127 e. The molecule has 0 fully saturated rings. The highest BCUT2D eigenvalue weighted by Crippen LogP contribution is 2.33. The van der Waals surface area contributed by atoms with E-state index in [4.69, 9.17) is 4.74 Å². The lowest BCUT2D eigenvalue weighted by molar-refractivity contribution is 0.241. The Kier molecular flexibility index (Phi) is 4.55. The van der Waals surface area contributed by atoms with Crippen LogP contribution < -0.4 is 4.74 Å². The smallest absolute Gasteiger partial charge is 0.127 e. The summed E-state index contributed by atoms with van der Waals surface area (Å²) in [7, 11) is 0. The zero-order valence-corrected chi connectivity index (χ0v) is 11.5. The Hall–Kier alpha value is -1.05. The van der Waals surface area contributed by atoms with Crippen molar-refractivity contribution in [2.75, 3.05) is 0 Å². The maximum atomic E-state index is 13.9. The summed E-state index contributed by atoms with van der Waals surface area (Å²) < 4.78 is 19.5. The molecule has 0 N–H and O–H groups in total. The van der Waals surface area contributed by atoms with Gasteiger partial charge in [-0.15, -0.1) is 0 Å². The summed E-state index contributed by atoms with van der Waals surface area (Å²) in [5.41, 5.74) is 0.604. The van der Waals surface area contributed by atoms with Crippen molar-refractivity contribution in [2.24, 2.45) is 0 Å². The van der Waals surface area contributed by atoms with Gasteiger partial charge in [0.05, 0.1) is 6.10 Å². The molecule has 0 aliphatic rings. The molecule has 2 heteroatoms. The Morgan fingerprint density at radius 2 is 1.94 bits per heavy atom. The monoisotopic (exact) mass is 238 g/mol. The standard InChI is InChI=1S/C15H23FO/c1-6-9-15(4,5)13-10-12(17-11(2)3)7-8-14(13)16/h7-8,10-11H,6,9H2,1-5H3. The molecule has 0 atom stereocenters. The molecule has 96 valence electrons. The predicted molar refractivity (Wildman–Crippen MR) is 70.1 cm³/mol. The Bertz CT molecular complexity index is 369. The third kappa shape index (κ3) is 3.72. The topological polar surface area (TPSA) is 9.23 Å². The summed E-state index contributed by atoms with van der Waals surface area (Å²) in [6.45, 7) is 10.2. The lowest BCUT2D eigenvalue weighted by Crippen LogP contribution is -2.19. The van der Waals surface area contributed by atoms with Gasteiger partial charge in [0.2, 0.25) is 0 Å². The van der Waals surface area contributed by atoms with Gasteiger partial charge in [-0.25, -0.2) is 4.39 Å². The number of hydrogen-bond acceptors (Lipinski definition) is 1. The van der Waals surface area contributed by atoms with Crippen molar-refractivity contribution in [2.45, 2.75) is 59.0 Å². The van der Waals surface area contributed by atoms with Gasteiger partial charge in [-0.2, -0.15) is 0 Å². The fourth-order valence-electron chi connectivity index (χ4n) is 2.13. The highest BCUT2D eigenvalue weighted by Gasteiger charge is 2.23. The van der Waals surface area contributed by atoms with E-state index in [1.165, 1.54) is 6.07 Å². The molecular formula is C15H23FO. The van der Waals surface area contributed by atoms with E-state index in [0.29, 0.717) is 0 Å². The third-order valence-electron chi connectivity index (χ3n) is 2.91. The molecule has 0 radical (unpaired) electrons. The van der Waals surface area contributed by atoms with Crippen molar-refractivity contribution in [3.8, 4) is 5.75 Å². The molecule has 0 unspecified atom stereocenters. The van der Waals surface area contributed by atoms with E-state index in [-0.39, 0.29) is 17.3 Å². The Morgan fingerprint density at radius 3 is 2.47 bits per heavy atom. The van der Waals surface area contributed by atoms with Crippen LogP contribution in [0.15, 0.2) is 18.2 Å². The van der Waals surface area contributed by atoms with Crippen LogP contribution in [0, 0.1) is 5.82 Å². The minimum Gasteiger partial charge on any atom is -0.491 e. The zero-order valence-electron chi connectivity index (χ0n) is 11.5. The highest BCUT2D eigenvalue weighted by molar-refractivity contribution is 5.34. The second-order valence-corrected chi connectivity index (χ2v) is 5.44. The van der Waals surface area contributed by atoms with Gasteiger partial charge < -0.3 is 4.74 Å². The van der Waals surface area contributed by atoms with Crippen molar-refractivity contribution < 1.29 is 9.13 Å². The summed E-state index contributed by atoms with van der Waals surface area (Å²) >= 11 is 0. The summed E-state index contributed by atoms with van der Waals surface area (Å²) in [4.78, 5) is 0. The third-order valence-corrected chi connectivity index (χ3v) is 2.91. The second-order valence-electron chi connectivity index (χ2n) is 5.44. The molecule has 1 rings (SSSR count). The number of rotatable bonds is 5. The van der Waals surface area contributed by atoms with Crippen LogP contribution >= 0.6 is 0 Å². The molecule has 0 heterocycles. The van der Waals surface area contributed by atoms with E-state index in [2.05, 4.69) is 20.8 Å². The number of hydrogen-bond donors (Lipinski definition) is 0. The fraction of sp³-hybridized carbons (Fsp3) is 0.600. The summed E-state index contributed by atoms with van der Waals surface area (Å²) in [6, 6.07) is 5.04. The fourth-order valence-corrected chi connectivity index (χ4v) is 2.13. The van der Waals surface area contributed by atoms with Crippen molar-refractivity contribution >= 4 is 0 Å². The molecule has 0 bridgehead atoms. The van der Waals surface area contributed by atoms with Crippen molar-refractivity contribution in [3.63, 3.8) is 0 Å². The van der Waals surface area contributed by atoms with Gasteiger partial charge in [-0.1, -0.05) is 27.2 Å². The average Bonchev–Trinajstić information content (AvgIpc) is 2.20. The predicted octanol–water partition coefficient (Wildman–Crippen LogP) is 4.69. The first-order valence-corrected chi connectivity index (χ1v) is 6.33. The van der Waals surface area contributed by atoms with Crippen molar-refractivity contribution in [1.29, 1.82) is 0 Å². The SMILES string of the molecule is CCCC(C)(C)c1cc(OC(C)C)ccc1F. The lowest BCUT2D eigenvalue weighted by atomic mass is 9.80. The first-order valence-electron chi connectivity index (χ1n) is 6.33. The molecule has 0 saturated carbocycles. The lowest BCUT2D eigenvalue weighted by Gasteiger charge is -2.26. The van der Waals surface area contributed by atoms with Crippen LogP contribution in [0.25, 0.3) is 0 Å². The van der Waals surface area contributed by atoms with Crippen molar-refractivity contribution in [1.82, 2.24) is 0 Å². The molecule has 1 aromatic carbocycles. The molecule has 0 spiro atoms. The molecule has 0 amide bonds. The largest absolute Gasteiger partial charge is 0.491 e. The zero-order chi connectivity index (χ0) is 13.1. The quantitative estimate of drug-likeness (QED) is 0.723. The maximum absolute atomic E-state index is 13.9. The average molecular weight is 238 g/mol. The van der Waals surface area contributed by atoms with Crippen LogP contribution in [0.5, 0.6) is 5.75 Å². The summed E-state index contributed by atoms with van der Waals surface area (Å²) in [5.74, 6) is 0.611. The van der Waals surface area contributed by atoms with E-state index in [1.54, 1.807) is 6.07 Å². The van der Waals surface area contributed by atoms with E-state index in [9.17, 15) is 4.39 Å². The van der Waals surface area contributed by atoms with Gasteiger partial charge in [0.15, 0.2) is 0 Å². The van der Waals surface area contributed by atoms with E-state index in [0.717, 1.165) is 24.2 Å². The minimum atomic E-state index is -0.144. The second kappa shape index (κ2) is 5.52. The number of halogens is 1. The van der Waals surface area contributed by atoms with Crippen LogP contribution in [0.1, 0.15) is 53.0 Å². The van der Waals surface area contributed by atoms with Gasteiger partial charge in [0.25, 0.3) is 0 Å². The first-order chi connectivity index (χ1) is 7.86. The van der Waals surface area contributed by atoms with Crippen LogP contribution in [0.3, 0.4) is 0 Å². The van der Waals surface area contributed by atoms with Crippen molar-refractivity contribution in [3.05, 3.63) is 29.6 Å². The van der Waals surface area contributed by atoms with Gasteiger partial charge >= 0.3 is 0 Å². The number of ether oxygens (including phenoxy) is 1. The van der Waals surface area contributed by atoms with Crippen LogP contribution in [-0.2, 0) is 5.41 Å². The molecule has 0 saturated heterocycles. The van der Waals surface area contributed by atoms with E-state index < -0.39 is 0 Å². The van der Waals surface area contributed by atoms with Gasteiger partial charge in [0, 0.05) is 0 Å². The highest BCUT2D eigenvalue weighted by atomic mass is 19.1.